The van der Waals surface area contributed by atoms with Crippen molar-refractivity contribution in [3.8, 4) is 22.8 Å². The maximum Gasteiger partial charge on any atom is 0.273 e. The first-order valence-electron chi connectivity index (χ1n) is 12.1. The van der Waals surface area contributed by atoms with Gasteiger partial charge in [0, 0.05) is 18.0 Å². The third-order valence-corrected chi connectivity index (χ3v) is 6.48. The number of nitrogens with one attached hydrogen (secondary N) is 1. The third kappa shape index (κ3) is 4.90. The minimum Gasteiger partial charge on any atom is -0.496 e. The summed E-state index contributed by atoms with van der Waals surface area (Å²) < 4.78 is 17.6. The molecule has 38 heavy (non-hydrogen) atoms. The van der Waals surface area contributed by atoms with E-state index < -0.39 is 4.92 Å². The molecule has 4 aromatic rings. The second-order valence-corrected chi connectivity index (χ2v) is 9.39. The van der Waals surface area contributed by atoms with Crippen molar-refractivity contribution in [2.45, 2.75) is 32.0 Å². The van der Waals surface area contributed by atoms with Crippen molar-refractivity contribution in [3.63, 3.8) is 0 Å². The highest BCUT2D eigenvalue weighted by Gasteiger charge is 2.42. The van der Waals surface area contributed by atoms with E-state index in [0.29, 0.717) is 27.9 Å². The SMILES string of the molecule is COc1cc([N+](=O)[O-])ccc1-c1ccc([C@H]2[C@H](c3ccccn3)NC(=S)N2c2ccc(OC(C)C)cc2)o1. The van der Waals surface area contributed by atoms with Gasteiger partial charge in [-0.3, -0.25) is 15.1 Å². The number of non-ortho nitro benzene ring substituents is 1. The van der Waals surface area contributed by atoms with E-state index >= 15 is 0 Å². The predicted octanol–water partition coefficient (Wildman–Crippen LogP) is 6.22. The minimum absolute atomic E-state index is 0.0611. The highest BCUT2D eigenvalue weighted by Crippen LogP contribution is 2.44. The van der Waals surface area contributed by atoms with Gasteiger partial charge in [0.05, 0.1) is 41.5 Å². The molecule has 1 aliphatic rings. The lowest BCUT2D eigenvalue weighted by Gasteiger charge is -2.26. The second-order valence-electron chi connectivity index (χ2n) is 9.00. The molecule has 0 spiro atoms. The number of furan rings is 1. The van der Waals surface area contributed by atoms with Gasteiger partial charge >= 0.3 is 0 Å². The largest absolute Gasteiger partial charge is 0.496 e. The Hall–Kier alpha value is -4.44. The maximum absolute atomic E-state index is 11.2. The van der Waals surface area contributed by atoms with Crippen LogP contribution in [0.2, 0.25) is 0 Å². The van der Waals surface area contributed by atoms with Gasteiger partial charge < -0.3 is 24.1 Å². The van der Waals surface area contributed by atoms with Gasteiger partial charge in [-0.2, -0.15) is 0 Å². The number of methoxy groups -OCH3 is 1. The van der Waals surface area contributed by atoms with E-state index in [1.54, 1.807) is 12.3 Å². The number of benzene rings is 2. The van der Waals surface area contributed by atoms with Crippen molar-refractivity contribution >= 4 is 28.7 Å². The van der Waals surface area contributed by atoms with Gasteiger partial charge in [0.25, 0.3) is 5.69 Å². The summed E-state index contributed by atoms with van der Waals surface area (Å²) in [5.41, 5.74) is 2.23. The summed E-state index contributed by atoms with van der Waals surface area (Å²) in [5.74, 6) is 2.28. The van der Waals surface area contributed by atoms with Gasteiger partial charge in [-0.25, -0.2) is 0 Å². The minimum atomic E-state index is -0.460. The van der Waals surface area contributed by atoms with Crippen LogP contribution in [0.15, 0.2) is 83.4 Å². The van der Waals surface area contributed by atoms with Crippen molar-refractivity contribution in [3.05, 3.63) is 101 Å². The molecule has 2 aromatic carbocycles. The Kier molecular flexibility index (Phi) is 6.97. The number of nitro groups is 1. The number of nitro benzene ring substituents is 1. The molecular weight excluding hydrogens is 504 g/mol. The van der Waals surface area contributed by atoms with E-state index in [0.717, 1.165) is 17.1 Å². The molecule has 9 nitrogen and oxygen atoms in total. The molecule has 2 aromatic heterocycles. The monoisotopic (exact) mass is 530 g/mol. The summed E-state index contributed by atoms with van der Waals surface area (Å²) in [6.45, 7) is 3.96. The van der Waals surface area contributed by atoms with Crippen LogP contribution in [0, 0.1) is 10.1 Å². The van der Waals surface area contributed by atoms with Crippen LogP contribution in [-0.4, -0.2) is 28.2 Å². The molecule has 0 unspecified atom stereocenters. The maximum atomic E-state index is 11.2. The molecular formula is C28H26N4O5S. The molecule has 0 bridgehead atoms. The fourth-order valence-electron chi connectivity index (χ4n) is 4.53. The number of rotatable bonds is 8. The molecule has 0 radical (unpaired) electrons. The van der Waals surface area contributed by atoms with E-state index in [9.17, 15) is 10.1 Å². The highest BCUT2D eigenvalue weighted by molar-refractivity contribution is 7.80. The Balaban J connectivity index is 1.56. The molecule has 0 aliphatic carbocycles. The van der Waals surface area contributed by atoms with E-state index in [2.05, 4.69) is 10.3 Å². The van der Waals surface area contributed by atoms with Crippen molar-refractivity contribution in [1.82, 2.24) is 10.3 Å². The average molecular weight is 531 g/mol. The topological polar surface area (TPSA) is 103 Å². The van der Waals surface area contributed by atoms with Gasteiger partial charge in [0.1, 0.15) is 29.1 Å². The molecule has 1 N–H and O–H groups in total. The van der Waals surface area contributed by atoms with Gasteiger partial charge in [-0.15, -0.1) is 0 Å². The van der Waals surface area contributed by atoms with Crippen LogP contribution >= 0.6 is 12.2 Å². The van der Waals surface area contributed by atoms with Gasteiger partial charge in [0.2, 0.25) is 0 Å². The first-order valence-corrected chi connectivity index (χ1v) is 12.5. The quantitative estimate of drug-likeness (QED) is 0.161. The zero-order valence-corrected chi connectivity index (χ0v) is 21.8. The van der Waals surface area contributed by atoms with Crippen molar-refractivity contribution in [1.29, 1.82) is 0 Å². The Bertz CT molecular complexity index is 1460. The number of pyridine rings is 1. The molecule has 1 saturated heterocycles. The number of anilines is 1. The fourth-order valence-corrected chi connectivity index (χ4v) is 4.88. The van der Waals surface area contributed by atoms with Crippen LogP contribution in [0.25, 0.3) is 11.3 Å². The lowest BCUT2D eigenvalue weighted by molar-refractivity contribution is -0.384. The Labute approximate surface area is 225 Å². The van der Waals surface area contributed by atoms with Crippen LogP contribution in [0.1, 0.15) is 37.4 Å². The molecule has 5 rings (SSSR count). The average Bonchev–Trinajstić information content (AvgIpc) is 3.53. The summed E-state index contributed by atoms with van der Waals surface area (Å²) in [5, 5.41) is 15.2. The molecule has 0 saturated carbocycles. The number of hydrogen-bond donors (Lipinski definition) is 1. The number of hydrogen-bond acceptors (Lipinski definition) is 7. The normalized spacial score (nSPS) is 16.9. The Morgan fingerprint density at radius 1 is 1.11 bits per heavy atom. The highest BCUT2D eigenvalue weighted by atomic mass is 32.1. The molecule has 10 heteroatoms. The van der Waals surface area contributed by atoms with Crippen LogP contribution in [0.4, 0.5) is 11.4 Å². The zero-order chi connectivity index (χ0) is 26.8. The Morgan fingerprint density at radius 2 is 1.89 bits per heavy atom. The zero-order valence-electron chi connectivity index (χ0n) is 21.0. The van der Waals surface area contributed by atoms with Crippen LogP contribution < -0.4 is 19.7 Å². The van der Waals surface area contributed by atoms with Crippen LogP contribution in [0.5, 0.6) is 11.5 Å². The summed E-state index contributed by atoms with van der Waals surface area (Å²) in [4.78, 5) is 17.3. The van der Waals surface area contributed by atoms with Crippen LogP contribution in [-0.2, 0) is 0 Å². The summed E-state index contributed by atoms with van der Waals surface area (Å²) in [6.07, 6.45) is 1.81. The molecule has 1 fully saturated rings. The third-order valence-electron chi connectivity index (χ3n) is 6.16. The predicted molar refractivity (Wildman–Crippen MR) is 147 cm³/mol. The van der Waals surface area contributed by atoms with E-state index in [1.165, 1.54) is 19.2 Å². The van der Waals surface area contributed by atoms with Gasteiger partial charge in [-0.1, -0.05) is 6.07 Å². The second kappa shape index (κ2) is 10.5. The van der Waals surface area contributed by atoms with Crippen molar-refractivity contribution in [2.24, 2.45) is 0 Å². The summed E-state index contributed by atoms with van der Waals surface area (Å²) >= 11 is 5.79. The number of aromatic nitrogens is 1. The van der Waals surface area contributed by atoms with Gasteiger partial charge in [0.15, 0.2) is 5.11 Å². The fraction of sp³-hybridized carbons (Fsp3) is 0.214. The smallest absolute Gasteiger partial charge is 0.273 e. The molecule has 2 atom stereocenters. The summed E-state index contributed by atoms with van der Waals surface area (Å²) in [7, 11) is 1.47. The number of ether oxygens (including phenoxy) is 2. The van der Waals surface area contributed by atoms with Crippen molar-refractivity contribution < 1.29 is 18.8 Å². The standard InChI is InChI=1S/C28H26N4O5S/c1-17(2)36-20-10-7-18(8-11-20)31-27(26(30-28(31)38)22-6-4-5-15-29-22)24-14-13-23(37-24)21-12-9-19(32(33)34)16-25(21)35-3/h4-17,26-27H,1-3H3,(H,30,38)/t26-,27-/m0/s1. The van der Waals surface area contributed by atoms with Crippen LogP contribution in [0.3, 0.4) is 0 Å². The van der Waals surface area contributed by atoms with E-state index in [1.807, 2.05) is 73.3 Å². The van der Waals surface area contributed by atoms with Gasteiger partial charge in [-0.05, 0) is 80.7 Å². The molecule has 1 aliphatic heterocycles. The Morgan fingerprint density at radius 3 is 2.55 bits per heavy atom. The lowest BCUT2D eigenvalue weighted by atomic mass is 10.0. The number of thiocarbonyl (C=S) groups is 1. The lowest BCUT2D eigenvalue weighted by Crippen LogP contribution is -2.29. The van der Waals surface area contributed by atoms with E-state index in [-0.39, 0.29) is 23.9 Å². The first-order chi connectivity index (χ1) is 18.4. The number of nitrogens with zero attached hydrogens (tertiary/aromatic N) is 3. The van der Waals surface area contributed by atoms with Crippen molar-refractivity contribution in [2.75, 3.05) is 12.0 Å². The first kappa shape index (κ1) is 25.2. The molecule has 3 heterocycles. The van der Waals surface area contributed by atoms with E-state index in [4.69, 9.17) is 26.1 Å². The molecule has 194 valence electrons. The summed E-state index contributed by atoms with van der Waals surface area (Å²) in [6, 6.07) is 21.0. The molecule has 0 amide bonds.